The van der Waals surface area contributed by atoms with Gasteiger partial charge in [0, 0.05) is 19.6 Å². The Morgan fingerprint density at radius 3 is 2.20 bits per heavy atom. The van der Waals surface area contributed by atoms with Crippen molar-refractivity contribution >= 4 is 0 Å². The number of likely N-dealkylation sites (tertiary alicyclic amines) is 1. The first kappa shape index (κ1) is 7.88. The average Bonchev–Trinajstić information content (AvgIpc) is 2.14. The van der Waals surface area contributed by atoms with E-state index in [0.717, 1.165) is 0 Å². The van der Waals surface area contributed by atoms with Crippen LogP contribution in [0, 0.1) is 0 Å². The molecule has 0 aromatic rings. The largest absolute Gasteiger partial charge is 0.395 e. The van der Waals surface area contributed by atoms with Gasteiger partial charge in [-0.1, -0.05) is 0 Å². The molecule has 0 aliphatic carbocycles. The van der Waals surface area contributed by atoms with Gasteiger partial charge in [-0.2, -0.15) is 0 Å². The highest BCUT2D eigenvalue weighted by Crippen LogP contribution is 2.15. The molecule has 1 fully saturated rings. The molecule has 10 heavy (non-hydrogen) atoms. The third kappa shape index (κ3) is 1.64. The average molecular weight is 151 g/mol. The second kappa shape index (κ2) is 3.25. The molecule has 4 heteroatoms. The summed E-state index contributed by atoms with van der Waals surface area (Å²) in [6.07, 6.45) is -2.71. The van der Waals surface area contributed by atoms with Crippen LogP contribution in [-0.2, 0) is 0 Å². The normalized spacial score (nSPS) is 35.1. The van der Waals surface area contributed by atoms with Crippen LogP contribution in [0.15, 0.2) is 0 Å². The number of hydrogen-bond acceptors (Lipinski definition) is 2. The van der Waals surface area contributed by atoms with Crippen molar-refractivity contribution in [2.24, 2.45) is 0 Å². The number of hydrogen-bond donors (Lipinski definition) is 1. The molecule has 1 aliphatic rings. The topological polar surface area (TPSA) is 23.5 Å². The number of halogens is 2. The zero-order chi connectivity index (χ0) is 7.56. The Kier molecular flexibility index (Phi) is 2.56. The number of aliphatic hydroxyl groups is 1. The minimum atomic E-state index is -1.36. The summed E-state index contributed by atoms with van der Waals surface area (Å²) in [6.45, 7) is 0.601. The van der Waals surface area contributed by atoms with E-state index in [4.69, 9.17) is 5.11 Å². The number of alkyl halides is 2. The molecule has 0 bridgehead atoms. The van der Waals surface area contributed by atoms with E-state index in [9.17, 15) is 8.78 Å². The van der Waals surface area contributed by atoms with E-state index in [1.807, 2.05) is 0 Å². The van der Waals surface area contributed by atoms with Gasteiger partial charge in [0.2, 0.25) is 0 Å². The van der Waals surface area contributed by atoms with Gasteiger partial charge in [-0.25, -0.2) is 8.78 Å². The first-order chi connectivity index (χ1) is 4.74. The van der Waals surface area contributed by atoms with Crippen LogP contribution >= 0.6 is 0 Å². The minimum absolute atomic E-state index is 0.0283. The van der Waals surface area contributed by atoms with Gasteiger partial charge in [-0.05, 0) is 0 Å². The molecule has 1 rings (SSSR count). The van der Waals surface area contributed by atoms with Crippen LogP contribution in [0.5, 0.6) is 0 Å². The summed E-state index contributed by atoms with van der Waals surface area (Å²) in [4.78, 5) is 1.58. The lowest BCUT2D eigenvalue weighted by Crippen LogP contribution is -2.24. The van der Waals surface area contributed by atoms with Crippen molar-refractivity contribution in [3.63, 3.8) is 0 Å². The number of β-amino-alcohol motifs (C(OH)–C–C–N with tert-alkyl or cyclic N) is 1. The summed E-state index contributed by atoms with van der Waals surface area (Å²) in [5.41, 5.74) is 0. The molecular formula is C6H11F2NO. The van der Waals surface area contributed by atoms with Gasteiger partial charge in [-0.15, -0.1) is 0 Å². The smallest absolute Gasteiger partial charge is 0.145 e. The molecule has 0 saturated carbocycles. The first-order valence-corrected chi connectivity index (χ1v) is 3.35. The van der Waals surface area contributed by atoms with Crippen molar-refractivity contribution in [3.05, 3.63) is 0 Å². The van der Waals surface area contributed by atoms with Crippen LogP contribution in [0.25, 0.3) is 0 Å². The molecule has 1 aliphatic heterocycles. The second-order valence-electron chi connectivity index (χ2n) is 2.52. The van der Waals surface area contributed by atoms with E-state index in [1.54, 1.807) is 4.90 Å². The lowest BCUT2D eigenvalue weighted by Gasteiger charge is -2.10. The van der Waals surface area contributed by atoms with E-state index >= 15 is 0 Å². The molecule has 1 N–H and O–H groups in total. The quantitative estimate of drug-likeness (QED) is 0.599. The highest BCUT2D eigenvalue weighted by atomic mass is 19.2. The van der Waals surface area contributed by atoms with Gasteiger partial charge in [0.1, 0.15) is 12.3 Å². The lowest BCUT2D eigenvalue weighted by molar-refractivity contribution is 0.211. The number of rotatable bonds is 2. The van der Waals surface area contributed by atoms with Gasteiger partial charge in [-0.3, -0.25) is 4.90 Å². The summed E-state index contributed by atoms with van der Waals surface area (Å²) in [6, 6.07) is 0. The highest BCUT2D eigenvalue weighted by molar-refractivity contribution is 4.83. The van der Waals surface area contributed by atoms with Gasteiger partial charge < -0.3 is 5.11 Å². The van der Waals surface area contributed by atoms with Gasteiger partial charge in [0.25, 0.3) is 0 Å². The van der Waals surface area contributed by atoms with Gasteiger partial charge in [0.05, 0.1) is 6.61 Å². The fourth-order valence-electron chi connectivity index (χ4n) is 1.12. The Hall–Kier alpha value is -0.220. The molecule has 2 nitrogen and oxygen atoms in total. The molecule has 0 aromatic carbocycles. The van der Waals surface area contributed by atoms with Crippen molar-refractivity contribution in [1.82, 2.24) is 4.90 Å². The zero-order valence-corrected chi connectivity index (χ0v) is 5.63. The third-order valence-electron chi connectivity index (χ3n) is 1.67. The summed E-state index contributed by atoms with van der Waals surface area (Å²) in [7, 11) is 0. The lowest BCUT2D eigenvalue weighted by atomic mass is 10.3. The third-order valence-corrected chi connectivity index (χ3v) is 1.67. The molecule has 2 atom stereocenters. The Morgan fingerprint density at radius 2 is 1.80 bits per heavy atom. The molecule has 1 saturated heterocycles. The fourth-order valence-corrected chi connectivity index (χ4v) is 1.12. The summed E-state index contributed by atoms with van der Waals surface area (Å²) in [5, 5.41) is 8.41. The predicted octanol–water partition coefficient (Wildman–Crippen LogP) is -0.0295. The molecule has 0 radical (unpaired) electrons. The van der Waals surface area contributed by atoms with Crippen molar-refractivity contribution in [2.75, 3.05) is 26.2 Å². The van der Waals surface area contributed by atoms with Crippen LogP contribution in [-0.4, -0.2) is 48.6 Å². The fraction of sp³-hybridized carbons (Fsp3) is 1.00. The Morgan fingerprint density at radius 1 is 1.30 bits per heavy atom. The van der Waals surface area contributed by atoms with Crippen molar-refractivity contribution in [2.45, 2.75) is 12.3 Å². The summed E-state index contributed by atoms with van der Waals surface area (Å²) >= 11 is 0. The number of aliphatic hydroxyl groups excluding tert-OH is 1. The van der Waals surface area contributed by atoms with E-state index in [-0.39, 0.29) is 19.7 Å². The van der Waals surface area contributed by atoms with E-state index in [1.165, 1.54) is 0 Å². The van der Waals surface area contributed by atoms with Gasteiger partial charge in [0.15, 0.2) is 0 Å². The maximum Gasteiger partial charge on any atom is 0.145 e. The SMILES string of the molecule is OCCN1C[C@@H](F)[C@H](F)C1. The van der Waals surface area contributed by atoms with Crippen LogP contribution in [0.4, 0.5) is 8.78 Å². The first-order valence-electron chi connectivity index (χ1n) is 3.35. The molecule has 0 spiro atoms. The molecule has 1 heterocycles. The molecular weight excluding hydrogens is 140 g/mol. The zero-order valence-electron chi connectivity index (χ0n) is 5.63. The van der Waals surface area contributed by atoms with E-state index in [0.29, 0.717) is 6.54 Å². The molecule has 60 valence electrons. The van der Waals surface area contributed by atoms with Crippen molar-refractivity contribution in [3.8, 4) is 0 Å². The standard InChI is InChI=1S/C6H11F2NO/c7-5-3-9(1-2-10)4-6(5)8/h5-6,10H,1-4H2/t5-,6-/m1/s1. The van der Waals surface area contributed by atoms with Gasteiger partial charge >= 0.3 is 0 Å². The molecule has 0 amide bonds. The van der Waals surface area contributed by atoms with Crippen LogP contribution in [0.2, 0.25) is 0 Å². The second-order valence-corrected chi connectivity index (χ2v) is 2.52. The molecule has 0 aromatic heterocycles. The maximum atomic E-state index is 12.4. The Labute approximate surface area is 58.4 Å². The van der Waals surface area contributed by atoms with Crippen LogP contribution in [0.3, 0.4) is 0 Å². The predicted molar refractivity (Wildman–Crippen MR) is 33.3 cm³/mol. The minimum Gasteiger partial charge on any atom is -0.395 e. The number of nitrogens with zero attached hydrogens (tertiary/aromatic N) is 1. The maximum absolute atomic E-state index is 12.4. The molecule has 0 unspecified atom stereocenters. The van der Waals surface area contributed by atoms with Crippen LogP contribution < -0.4 is 0 Å². The summed E-state index contributed by atoms with van der Waals surface area (Å²) < 4.78 is 24.8. The van der Waals surface area contributed by atoms with Crippen molar-refractivity contribution < 1.29 is 13.9 Å². The Balaban J connectivity index is 2.27. The monoisotopic (exact) mass is 151 g/mol. The highest BCUT2D eigenvalue weighted by Gasteiger charge is 2.31. The Bertz CT molecular complexity index is 102. The van der Waals surface area contributed by atoms with Crippen molar-refractivity contribution in [1.29, 1.82) is 0 Å². The summed E-state index contributed by atoms with van der Waals surface area (Å²) in [5.74, 6) is 0. The van der Waals surface area contributed by atoms with Crippen LogP contribution in [0.1, 0.15) is 0 Å². The van der Waals surface area contributed by atoms with E-state index in [2.05, 4.69) is 0 Å². The van der Waals surface area contributed by atoms with E-state index < -0.39 is 12.3 Å².